The van der Waals surface area contributed by atoms with Crippen LogP contribution in [-0.4, -0.2) is 47.2 Å². The number of aromatic amines is 1. The van der Waals surface area contributed by atoms with Crippen LogP contribution in [0.1, 0.15) is 24.0 Å². The Morgan fingerprint density at radius 1 is 1.26 bits per heavy atom. The fourth-order valence-corrected chi connectivity index (χ4v) is 5.34. The first-order valence-electron chi connectivity index (χ1n) is 10.7. The zero-order valence-electron chi connectivity index (χ0n) is 17.7. The van der Waals surface area contributed by atoms with E-state index in [-0.39, 0.29) is 11.3 Å². The maximum absolute atomic E-state index is 12.1. The molecule has 1 atom stereocenters. The quantitative estimate of drug-likeness (QED) is 0.661. The summed E-state index contributed by atoms with van der Waals surface area (Å²) in [7, 11) is 0. The van der Waals surface area contributed by atoms with Gasteiger partial charge in [0.2, 0.25) is 5.91 Å². The van der Waals surface area contributed by atoms with Crippen LogP contribution in [-0.2, 0) is 4.79 Å². The fourth-order valence-electron chi connectivity index (χ4n) is 5.34. The summed E-state index contributed by atoms with van der Waals surface area (Å²) in [6.45, 7) is 9.00. The van der Waals surface area contributed by atoms with Gasteiger partial charge in [0.15, 0.2) is 0 Å². The molecule has 1 unspecified atom stereocenters. The number of carbonyl (C=O) groups excluding carboxylic acids is 1. The Hall–Kier alpha value is -3.59. The molecule has 3 heterocycles. The van der Waals surface area contributed by atoms with Crippen LogP contribution in [0.4, 0.5) is 5.69 Å². The van der Waals surface area contributed by atoms with E-state index in [0.29, 0.717) is 5.56 Å². The minimum Gasteiger partial charge on any atom is -0.370 e. The SMILES string of the molecule is C=CC(=O)N1CCC2(CCN(c3cccc(-c4c(C)ccc5[nH]ncc45)c3C#N)C2)C1. The van der Waals surface area contributed by atoms with Crippen molar-refractivity contribution in [3.8, 4) is 17.2 Å². The predicted molar refractivity (Wildman–Crippen MR) is 122 cm³/mol. The Kier molecular flexibility index (Phi) is 4.55. The molecule has 1 aromatic heterocycles. The average molecular weight is 412 g/mol. The van der Waals surface area contributed by atoms with Crippen LogP contribution < -0.4 is 4.90 Å². The van der Waals surface area contributed by atoms with Crippen molar-refractivity contribution >= 4 is 22.5 Å². The number of amides is 1. The molecule has 1 N–H and O–H groups in total. The van der Waals surface area contributed by atoms with Gasteiger partial charge in [-0.1, -0.05) is 24.8 Å². The molecular weight excluding hydrogens is 386 g/mol. The van der Waals surface area contributed by atoms with Crippen LogP contribution in [0, 0.1) is 23.7 Å². The standard InChI is InChI=1S/C25H25N5O/c1-3-23(31)30-12-10-25(16-30)9-11-29(15-25)22-6-4-5-18(19(22)13-26)24-17(2)7-8-21-20(24)14-27-28-21/h3-8,14H,1,9-12,15-16H2,2H3,(H,27,28). The first-order chi connectivity index (χ1) is 15.0. The van der Waals surface area contributed by atoms with Gasteiger partial charge in [0, 0.05) is 42.5 Å². The molecule has 0 bridgehead atoms. The molecular formula is C25H25N5O. The third-order valence-corrected chi connectivity index (χ3v) is 6.96. The Morgan fingerprint density at radius 2 is 2.10 bits per heavy atom. The number of likely N-dealkylation sites (tertiary alicyclic amines) is 1. The Bertz CT molecular complexity index is 1240. The van der Waals surface area contributed by atoms with Gasteiger partial charge in [-0.3, -0.25) is 9.89 Å². The number of aromatic nitrogens is 2. The van der Waals surface area contributed by atoms with E-state index >= 15 is 0 Å². The van der Waals surface area contributed by atoms with Crippen LogP contribution >= 0.6 is 0 Å². The van der Waals surface area contributed by atoms with Gasteiger partial charge in [0.1, 0.15) is 6.07 Å². The number of benzene rings is 2. The molecule has 6 nitrogen and oxygen atoms in total. The van der Waals surface area contributed by atoms with E-state index in [0.717, 1.165) is 72.3 Å². The highest BCUT2D eigenvalue weighted by Crippen LogP contribution is 2.43. The van der Waals surface area contributed by atoms with Gasteiger partial charge < -0.3 is 9.80 Å². The molecule has 2 fully saturated rings. The summed E-state index contributed by atoms with van der Waals surface area (Å²) in [5, 5.41) is 18.4. The van der Waals surface area contributed by atoms with E-state index in [1.54, 1.807) is 0 Å². The minimum atomic E-state index is 0.0127. The number of hydrogen-bond acceptors (Lipinski definition) is 4. The predicted octanol–water partition coefficient (Wildman–Crippen LogP) is 4.02. The van der Waals surface area contributed by atoms with Crippen molar-refractivity contribution < 1.29 is 4.79 Å². The van der Waals surface area contributed by atoms with E-state index in [4.69, 9.17) is 0 Å². The molecule has 1 spiro atoms. The second-order valence-corrected chi connectivity index (χ2v) is 8.79. The molecule has 3 aromatic rings. The van der Waals surface area contributed by atoms with Gasteiger partial charge in [-0.25, -0.2) is 0 Å². The maximum Gasteiger partial charge on any atom is 0.245 e. The number of fused-ring (bicyclic) bond motifs is 1. The van der Waals surface area contributed by atoms with Crippen molar-refractivity contribution in [3.05, 3.63) is 60.3 Å². The number of nitrogens with zero attached hydrogens (tertiary/aromatic N) is 4. The highest BCUT2D eigenvalue weighted by molar-refractivity contribution is 5.98. The van der Waals surface area contributed by atoms with Gasteiger partial charge in [0.25, 0.3) is 0 Å². The highest BCUT2D eigenvalue weighted by atomic mass is 16.2. The number of aryl methyl sites for hydroxylation is 1. The van der Waals surface area contributed by atoms with Crippen LogP contribution in [0.5, 0.6) is 0 Å². The number of hydrogen-bond donors (Lipinski definition) is 1. The molecule has 0 radical (unpaired) electrons. The summed E-state index contributed by atoms with van der Waals surface area (Å²) in [5.41, 5.74) is 5.87. The molecule has 5 rings (SSSR count). The van der Waals surface area contributed by atoms with Crippen molar-refractivity contribution in [1.82, 2.24) is 15.1 Å². The zero-order valence-corrected chi connectivity index (χ0v) is 17.7. The number of nitrogens with one attached hydrogen (secondary N) is 1. The molecule has 1 amide bonds. The van der Waals surface area contributed by atoms with Crippen molar-refractivity contribution in [3.63, 3.8) is 0 Å². The molecule has 0 aliphatic carbocycles. The summed E-state index contributed by atoms with van der Waals surface area (Å²) < 4.78 is 0. The molecule has 2 aliphatic rings. The molecule has 2 aromatic carbocycles. The number of rotatable bonds is 3. The van der Waals surface area contributed by atoms with Crippen LogP contribution in [0.3, 0.4) is 0 Å². The van der Waals surface area contributed by atoms with Gasteiger partial charge in [0.05, 0.1) is 23.0 Å². The second-order valence-electron chi connectivity index (χ2n) is 8.79. The summed E-state index contributed by atoms with van der Waals surface area (Å²) in [4.78, 5) is 16.3. The van der Waals surface area contributed by atoms with Crippen molar-refractivity contribution in [2.24, 2.45) is 5.41 Å². The van der Waals surface area contributed by atoms with Crippen LogP contribution in [0.2, 0.25) is 0 Å². The second kappa shape index (κ2) is 7.28. The molecule has 31 heavy (non-hydrogen) atoms. The fraction of sp³-hybridized carbons (Fsp3) is 0.320. The number of nitriles is 1. The molecule has 2 aliphatic heterocycles. The van der Waals surface area contributed by atoms with Gasteiger partial charge in [-0.2, -0.15) is 10.4 Å². The highest BCUT2D eigenvalue weighted by Gasteiger charge is 2.44. The topological polar surface area (TPSA) is 76.0 Å². The van der Waals surface area contributed by atoms with Crippen molar-refractivity contribution in [2.45, 2.75) is 19.8 Å². The lowest BCUT2D eigenvalue weighted by molar-refractivity contribution is -0.125. The lowest BCUT2D eigenvalue weighted by Gasteiger charge is -2.26. The molecule has 0 saturated carbocycles. The lowest BCUT2D eigenvalue weighted by atomic mass is 9.86. The summed E-state index contributed by atoms with van der Waals surface area (Å²) in [6, 6.07) is 12.7. The summed E-state index contributed by atoms with van der Waals surface area (Å²) in [6.07, 6.45) is 5.26. The summed E-state index contributed by atoms with van der Waals surface area (Å²) in [5.74, 6) is 0.0127. The van der Waals surface area contributed by atoms with Crippen molar-refractivity contribution in [2.75, 3.05) is 31.1 Å². The summed E-state index contributed by atoms with van der Waals surface area (Å²) >= 11 is 0. The Balaban J connectivity index is 1.52. The van der Waals surface area contributed by atoms with E-state index < -0.39 is 0 Å². The average Bonchev–Trinajstić information content (AvgIpc) is 3.53. The smallest absolute Gasteiger partial charge is 0.245 e. The van der Waals surface area contributed by atoms with E-state index in [9.17, 15) is 10.1 Å². The monoisotopic (exact) mass is 411 g/mol. The van der Waals surface area contributed by atoms with Gasteiger partial charge in [-0.05, 0) is 49.1 Å². The number of carbonyl (C=O) groups is 1. The van der Waals surface area contributed by atoms with E-state index in [2.05, 4.69) is 40.7 Å². The van der Waals surface area contributed by atoms with Crippen molar-refractivity contribution in [1.29, 1.82) is 5.26 Å². The third-order valence-electron chi connectivity index (χ3n) is 6.96. The van der Waals surface area contributed by atoms with Gasteiger partial charge >= 0.3 is 0 Å². The first-order valence-corrected chi connectivity index (χ1v) is 10.7. The first kappa shape index (κ1) is 19.4. The van der Waals surface area contributed by atoms with Gasteiger partial charge in [-0.15, -0.1) is 0 Å². The largest absolute Gasteiger partial charge is 0.370 e. The van der Waals surface area contributed by atoms with Crippen LogP contribution in [0.25, 0.3) is 22.0 Å². The van der Waals surface area contributed by atoms with E-state index in [1.165, 1.54) is 6.08 Å². The Labute approximate surface area is 181 Å². The van der Waals surface area contributed by atoms with Crippen LogP contribution in [0.15, 0.2) is 49.2 Å². The van der Waals surface area contributed by atoms with E-state index in [1.807, 2.05) is 35.4 Å². The molecule has 156 valence electrons. The minimum absolute atomic E-state index is 0.0127. The molecule has 6 heteroatoms. The number of H-pyrrole nitrogens is 1. The molecule has 2 saturated heterocycles. The normalized spacial score (nSPS) is 20.5. The lowest BCUT2D eigenvalue weighted by Crippen LogP contribution is -2.33. The third kappa shape index (κ3) is 3.09. The maximum atomic E-state index is 12.1. The number of anilines is 1. The zero-order chi connectivity index (χ0) is 21.6. The Morgan fingerprint density at radius 3 is 2.90 bits per heavy atom.